The summed E-state index contributed by atoms with van der Waals surface area (Å²) in [5.74, 6) is 0. The van der Waals surface area contributed by atoms with Crippen molar-refractivity contribution < 1.29 is 20.4 Å². The smallest absolute Gasteiger partial charge is 0.118 e. The molecule has 0 saturated carbocycles. The van der Waals surface area contributed by atoms with Gasteiger partial charge in [0.1, 0.15) is 12.2 Å². The molecule has 0 aliphatic carbocycles. The van der Waals surface area contributed by atoms with E-state index in [0.717, 1.165) is 0 Å². The van der Waals surface area contributed by atoms with E-state index in [0.29, 0.717) is 6.61 Å². The average molecular weight is 135 g/mol. The van der Waals surface area contributed by atoms with E-state index in [-0.39, 0.29) is 13.0 Å². The molecule has 0 saturated heterocycles. The van der Waals surface area contributed by atoms with Crippen molar-refractivity contribution in [2.45, 2.75) is 12.0 Å². The summed E-state index contributed by atoms with van der Waals surface area (Å²) < 4.78 is 0. The van der Waals surface area contributed by atoms with Crippen LogP contribution in [-0.4, -0.2) is 39.2 Å². The second kappa shape index (κ2) is 3.79. The van der Waals surface area contributed by atoms with Crippen molar-refractivity contribution in [3.05, 3.63) is 6.61 Å². The summed E-state index contributed by atoms with van der Waals surface area (Å²) in [6.07, 6.45) is -0.0556. The van der Waals surface area contributed by atoms with Crippen LogP contribution in [0.1, 0.15) is 6.42 Å². The fourth-order valence-corrected chi connectivity index (χ4v) is 0.378. The predicted octanol–water partition coefficient (Wildman–Crippen LogP) is -1.37. The Balaban J connectivity index is 3.62. The Labute approximate surface area is 53.4 Å². The van der Waals surface area contributed by atoms with Gasteiger partial charge in [0.25, 0.3) is 0 Å². The van der Waals surface area contributed by atoms with Gasteiger partial charge >= 0.3 is 0 Å². The molecule has 0 heterocycles. The highest BCUT2D eigenvalue weighted by Crippen LogP contribution is 2.09. The van der Waals surface area contributed by atoms with Crippen molar-refractivity contribution in [2.24, 2.45) is 0 Å². The Hall–Kier alpha value is -0.160. The second-order valence-electron chi connectivity index (χ2n) is 1.86. The monoisotopic (exact) mass is 135 g/mol. The summed E-state index contributed by atoms with van der Waals surface area (Å²) in [4.78, 5) is 0. The van der Waals surface area contributed by atoms with Gasteiger partial charge in [-0.15, -0.1) is 0 Å². The molecule has 1 atom stereocenters. The Kier molecular flexibility index (Phi) is 3.72. The summed E-state index contributed by atoms with van der Waals surface area (Å²) in [6, 6.07) is 0. The van der Waals surface area contributed by atoms with Gasteiger partial charge < -0.3 is 20.4 Å². The number of hydrogen-bond acceptors (Lipinski definition) is 4. The van der Waals surface area contributed by atoms with E-state index >= 15 is 0 Å². The van der Waals surface area contributed by atoms with E-state index in [1.54, 1.807) is 0 Å². The maximum Gasteiger partial charge on any atom is 0.118 e. The second-order valence-corrected chi connectivity index (χ2v) is 1.86. The highest BCUT2D eigenvalue weighted by molar-refractivity contribution is 4.84. The van der Waals surface area contributed by atoms with Crippen LogP contribution in [0, 0.1) is 6.61 Å². The first kappa shape index (κ1) is 8.84. The normalized spacial score (nSPS) is 12.0. The molecule has 1 unspecified atom stereocenters. The highest BCUT2D eigenvalue weighted by atomic mass is 16.4. The van der Waals surface area contributed by atoms with Crippen molar-refractivity contribution in [1.29, 1.82) is 0 Å². The third-order valence-corrected chi connectivity index (χ3v) is 1.06. The lowest BCUT2D eigenvalue weighted by Crippen LogP contribution is -2.34. The molecule has 0 spiro atoms. The molecule has 1 radical (unpaired) electrons. The van der Waals surface area contributed by atoms with Crippen molar-refractivity contribution in [3.8, 4) is 0 Å². The molecular weight excluding hydrogens is 124 g/mol. The minimum absolute atomic E-state index is 0.0556. The minimum atomic E-state index is -1.63. The molecule has 0 aliphatic rings. The molecule has 0 aromatic carbocycles. The lowest BCUT2D eigenvalue weighted by atomic mass is 10.0. The van der Waals surface area contributed by atoms with Crippen LogP contribution in [0.5, 0.6) is 0 Å². The molecule has 0 fully saturated rings. The molecule has 9 heavy (non-hydrogen) atoms. The van der Waals surface area contributed by atoms with Gasteiger partial charge in [-0.05, 0) is 0 Å². The van der Waals surface area contributed by atoms with Crippen LogP contribution < -0.4 is 0 Å². The fourth-order valence-electron chi connectivity index (χ4n) is 0.378. The maximum absolute atomic E-state index is 8.91. The van der Waals surface area contributed by atoms with E-state index < -0.39 is 12.2 Å². The van der Waals surface area contributed by atoms with E-state index in [1.165, 1.54) is 0 Å². The largest absolute Gasteiger partial charge is 0.396 e. The topological polar surface area (TPSA) is 80.9 Å². The number of aliphatic hydroxyl groups is 4. The van der Waals surface area contributed by atoms with Crippen molar-refractivity contribution in [1.82, 2.24) is 0 Å². The zero-order valence-electron chi connectivity index (χ0n) is 4.99. The predicted molar refractivity (Wildman–Crippen MR) is 30.0 cm³/mol. The molecule has 4 nitrogen and oxygen atoms in total. The van der Waals surface area contributed by atoms with Gasteiger partial charge in [-0.2, -0.15) is 0 Å². The van der Waals surface area contributed by atoms with Gasteiger partial charge in [-0.3, -0.25) is 0 Å². The zero-order valence-corrected chi connectivity index (χ0v) is 4.99. The molecule has 55 valence electrons. The van der Waals surface area contributed by atoms with E-state index in [2.05, 4.69) is 0 Å². The first-order valence-corrected chi connectivity index (χ1v) is 2.61. The van der Waals surface area contributed by atoms with Crippen LogP contribution in [0.15, 0.2) is 0 Å². The summed E-state index contributed by atoms with van der Waals surface area (Å²) in [5, 5.41) is 33.8. The third kappa shape index (κ3) is 2.76. The molecule has 4 heteroatoms. The Morgan fingerprint density at radius 3 is 2.00 bits per heavy atom. The van der Waals surface area contributed by atoms with E-state index in [1.807, 2.05) is 0 Å². The van der Waals surface area contributed by atoms with Gasteiger partial charge in [0.05, 0.1) is 6.61 Å². The van der Waals surface area contributed by atoms with Crippen LogP contribution in [0.3, 0.4) is 0 Å². The summed E-state index contributed by atoms with van der Waals surface area (Å²) in [6.45, 7) is -0.374. The van der Waals surface area contributed by atoms with Crippen molar-refractivity contribution >= 4 is 0 Å². The molecule has 0 aromatic heterocycles. The van der Waals surface area contributed by atoms with Crippen LogP contribution in [0.4, 0.5) is 0 Å². The summed E-state index contributed by atoms with van der Waals surface area (Å²) in [7, 11) is 0. The number of aliphatic hydroxyl groups excluding tert-OH is 3. The first-order chi connectivity index (χ1) is 4.18. The van der Waals surface area contributed by atoms with Crippen molar-refractivity contribution in [3.63, 3.8) is 0 Å². The molecule has 0 amide bonds. The maximum atomic E-state index is 8.91. The fraction of sp³-hybridized carbons (Fsp3) is 0.800. The molecule has 0 rings (SSSR count). The molecule has 0 aromatic rings. The molecule has 4 N–H and O–H groups in total. The SMILES string of the molecule is O[CH]C(O)(CO)CCO. The lowest BCUT2D eigenvalue weighted by Gasteiger charge is -2.20. The minimum Gasteiger partial charge on any atom is -0.396 e. The summed E-state index contributed by atoms with van der Waals surface area (Å²) >= 11 is 0. The molecular formula is C5H11O4. The van der Waals surface area contributed by atoms with Gasteiger partial charge in [0.2, 0.25) is 0 Å². The Bertz CT molecular complexity index is 69.4. The highest BCUT2D eigenvalue weighted by Gasteiger charge is 2.24. The van der Waals surface area contributed by atoms with E-state index in [9.17, 15) is 0 Å². The van der Waals surface area contributed by atoms with Crippen LogP contribution in [-0.2, 0) is 0 Å². The number of rotatable bonds is 4. The van der Waals surface area contributed by atoms with Crippen molar-refractivity contribution in [2.75, 3.05) is 13.2 Å². The average Bonchev–Trinajstić information content (AvgIpc) is 1.89. The lowest BCUT2D eigenvalue weighted by molar-refractivity contribution is -0.0360. The van der Waals surface area contributed by atoms with E-state index in [4.69, 9.17) is 20.4 Å². The summed E-state index contributed by atoms with van der Waals surface area (Å²) in [5.41, 5.74) is -1.63. The van der Waals surface area contributed by atoms with Gasteiger partial charge in [-0.1, -0.05) is 0 Å². The quantitative estimate of drug-likeness (QED) is 0.383. The van der Waals surface area contributed by atoms with Gasteiger partial charge in [0, 0.05) is 13.0 Å². The van der Waals surface area contributed by atoms with Crippen LogP contribution >= 0.6 is 0 Å². The zero-order chi connectivity index (χ0) is 7.33. The number of hydrogen-bond donors (Lipinski definition) is 4. The molecule has 0 aliphatic heterocycles. The Morgan fingerprint density at radius 1 is 1.33 bits per heavy atom. The Morgan fingerprint density at radius 2 is 1.89 bits per heavy atom. The standard InChI is InChI=1S/C5H11O4/c6-2-1-5(9,3-7)4-8/h3,6-9H,1-2,4H2. The first-order valence-electron chi connectivity index (χ1n) is 2.61. The third-order valence-electron chi connectivity index (χ3n) is 1.06. The van der Waals surface area contributed by atoms with Crippen LogP contribution in [0.25, 0.3) is 0 Å². The van der Waals surface area contributed by atoms with Crippen LogP contribution in [0.2, 0.25) is 0 Å². The molecule has 0 bridgehead atoms. The van der Waals surface area contributed by atoms with Gasteiger partial charge in [-0.25, -0.2) is 0 Å². The van der Waals surface area contributed by atoms with Gasteiger partial charge in [0.15, 0.2) is 0 Å².